The number of hydrogen-bond acceptors (Lipinski definition) is 4. The maximum Gasteiger partial charge on any atom is 0.140 e. The van der Waals surface area contributed by atoms with E-state index in [1.807, 2.05) is 11.4 Å². The Bertz CT molecular complexity index is 510. The zero-order chi connectivity index (χ0) is 11.7. The second-order valence-electron chi connectivity index (χ2n) is 4.22. The van der Waals surface area contributed by atoms with Crippen molar-refractivity contribution in [1.82, 2.24) is 4.98 Å². The molecular formula is C13H14N2OS. The third-order valence-corrected chi connectivity index (χ3v) is 3.84. The van der Waals surface area contributed by atoms with E-state index in [2.05, 4.69) is 17.1 Å². The van der Waals surface area contributed by atoms with Gasteiger partial charge in [0.25, 0.3) is 0 Å². The van der Waals surface area contributed by atoms with Crippen molar-refractivity contribution in [3.8, 4) is 5.75 Å². The lowest BCUT2D eigenvalue weighted by Gasteiger charge is -2.08. The van der Waals surface area contributed by atoms with E-state index < -0.39 is 0 Å². The number of ether oxygens (including phenoxy) is 1. The summed E-state index contributed by atoms with van der Waals surface area (Å²) < 4.78 is 5.72. The fraction of sp³-hybridized carbons (Fsp3) is 0.308. The van der Waals surface area contributed by atoms with Gasteiger partial charge in [-0.1, -0.05) is 6.07 Å². The Hall–Kier alpha value is -1.39. The maximum absolute atomic E-state index is 6.00. The van der Waals surface area contributed by atoms with Crippen LogP contribution in [0.25, 0.3) is 0 Å². The van der Waals surface area contributed by atoms with Crippen LogP contribution in [0.2, 0.25) is 0 Å². The van der Waals surface area contributed by atoms with E-state index >= 15 is 0 Å². The Balaban J connectivity index is 1.72. The predicted octanol–water partition coefficient (Wildman–Crippen LogP) is 2.67. The summed E-state index contributed by atoms with van der Waals surface area (Å²) in [5, 5.41) is 2.96. The molecule has 1 aromatic heterocycles. The summed E-state index contributed by atoms with van der Waals surface area (Å²) >= 11 is 1.61. The largest absolute Gasteiger partial charge is 0.486 e. The third-order valence-electron chi connectivity index (χ3n) is 3.08. The Kier molecular flexibility index (Phi) is 2.82. The summed E-state index contributed by atoms with van der Waals surface area (Å²) in [5.41, 5.74) is 8.60. The van der Waals surface area contributed by atoms with Gasteiger partial charge >= 0.3 is 0 Å². The van der Waals surface area contributed by atoms with Crippen molar-refractivity contribution in [3.63, 3.8) is 0 Å². The van der Waals surface area contributed by atoms with E-state index in [0.29, 0.717) is 6.61 Å². The van der Waals surface area contributed by atoms with Crippen molar-refractivity contribution in [2.75, 3.05) is 0 Å². The molecular weight excluding hydrogens is 232 g/mol. The first kappa shape index (κ1) is 10.7. The molecule has 0 amide bonds. The molecule has 1 atom stereocenters. The highest BCUT2D eigenvalue weighted by Gasteiger charge is 2.19. The Morgan fingerprint density at radius 2 is 2.41 bits per heavy atom. The summed E-state index contributed by atoms with van der Waals surface area (Å²) in [6.07, 6.45) is 3.90. The van der Waals surface area contributed by atoms with E-state index in [4.69, 9.17) is 10.5 Å². The van der Waals surface area contributed by atoms with Crippen molar-refractivity contribution in [1.29, 1.82) is 0 Å². The molecule has 2 N–H and O–H groups in total. The molecule has 0 fully saturated rings. The minimum absolute atomic E-state index is 0.206. The predicted molar refractivity (Wildman–Crippen MR) is 68.1 cm³/mol. The van der Waals surface area contributed by atoms with Gasteiger partial charge in [0.15, 0.2) is 0 Å². The molecule has 0 saturated heterocycles. The summed E-state index contributed by atoms with van der Waals surface area (Å²) in [5.74, 6) is 0.910. The minimum Gasteiger partial charge on any atom is -0.486 e. The molecule has 0 unspecified atom stereocenters. The SMILES string of the molecule is N[C@@H]1CCc2cc(OCc3nccs3)ccc21. The van der Waals surface area contributed by atoms with Crippen LogP contribution in [0.4, 0.5) is 0 Å². The van der Waals surface area contributed by atoms with Gasteiger partial charge < -0.3 is 10.5 Å². The molecule has 0 aliphatic heterocycles. The molecule has 2 aromatic rings. The van der Waals surface area contributed by atoms with Crippen molar-refractivity contribution in [2.45, 2.75) is 25.5 Å². The van der Waals surface area contributed by atoms with Crippen LogP contribution in [0.1, 0.15) is 28.6 Å². The zero-order valence-electron chi connectivity index (χ0n) is 9.43. The minimum atomic E-state index is 0.206. The average molecular weight is 246 g/mol. The molecule has 3 rings (SSSR count). The van der Waals surface area contributed by atoms with Gasteiger partial charge in [0.1, 0.15) is 17.4 Å². The van der Waals surface area contributed by atoms with E-state index in [-0.39, 0.29) is 6.04 Å². The first-order valence-corrected chi connectivity index (χ1v) is 6.60. The molecule has 4 heteroatoms. The highest BCUT2D eigenvalue weighted by atomic mass is 32.1. The molecule has 0 saturated carbocycles. The molecule has 0 bridgehead atoms. The van der Waals surface area contributed by atoms with Crippen molar-refractivity contribution < 1.29 is 4.74 Å². The first-order valence-electron chi connectivity index (χ1n) is 5.72. The van der Waals surface area contributed by atoms with Gasteiger partial charge in [0.05, 0.1) is 0 Å². The van der Waals surface area contributed by atoms with Crippen LogP contribution in [0.5, 0.6) is 5.75 Å². The molecule has 0 radical (unpaired) electrons. The van der Waals surface area contributed by atoms with Crippen LogP contribution in [-0.4, -0.2) is 4.98 Å². The molecule has 1 aromatic carbocycles. The van der Waals surface area contributed by atoms with E-state index in [1.54, 1.807) is 17.5 Å². The number of nitrogens with zero attached hydrogens (tertiary/aromatic N) is 1. The van der Waals surface area contributed by atoms with Crippen LogP contribution in [-0.2, 0) is 13.0 Å². The topological polar surface area (TPSA) is 48.1 Å². The second kappa shape index (κ2) is 4.47. The van der Waals surface area contributed by atoms with Crippen molar-refractivity contribution >= 4 is 11.3 Å². The Morgan fingerprint density at radius 3 is 3.24 bits per heavy atom. The summed E-state index contributed by atoms with van der Waals surface area (Å²) in [7, 11) is 0. The monoisotopic (exact) mass is 246 g/mol. The quantitative estimate of drug-likeness (QED) is 0.905. The number of rotatable bonds is 3. The molecule has 1 aliphatic carbocycles. The van der Waals surface area contributed by atoms with Gasteiger partial charge in [-0.3, -0.25) is 0 Å². The number of nitrogens with two attached hydrogens (primary N) is 1. The molecule has 88 valence electrons. The lowest BCUT2D eigenvalue weighted by atomic mass is 10.1. The molecule has 1 heterocycles. The number of fused-ring (bicyclic) bond motifs is 1. The fourth-order valence-electron chi connectivity index (χ4n) is 2.19. The lowest BCUT2D eigenvalue weighted by molar-refractivity contribution is 0.305. The molecule has 17 heavy (non-hydrogen) atoms. The van der Waals surface area contributed by atoms with Crippen LogP contribution in [0.3, 0.4) is 0 Å². The number of hydrogen-bond donors (Lipinski definition) is 1. The van der Waals surface area contributed by atoms with Gasteiger partial charge in [-0.15, -0.1) is 11.3 Å². The van der Waals surface area contributed by atoms with Crippen LogP contribution in [0, 0.1) is 0 Å². The van der Waals surface area contributed by atoms with Crippen LogP contribution >= 0.6 is 11.3 Å². The number of aromatic nitrogens is 1. The number of aryl methyl sites for hydroxylation is 1. The second-order valence-corrected chi connectivity index (χ2v) is 5.20. The highest BCUT2D eigenvalue weighted by molar-refractivity contribution is 7.09. The molecule has 0 spiro atoms. The smallest absolute Gasteiger partial charge is 0.140 e. The average Bonchev–Trinajstić information content (AvgIpc) is 2.97. The van der Waals surface area contributed by atoms with Gasteiger partial charge in [0, 0.05) is 17.6 Å². The highest BCUT2D eigenvalue weighted by Crippen LogP contribution is 2.32. The third kappa shape index (κ3) is 2.18. The summed E-state index contributed by atoms with van der Waals surface area (Å²) in [6.45, 7) is 0.544. The summed E-state index contributed by atoms with van der Waals surface area (Å²) in [6, 6.07) is 6.40. The molecule has 3 nitrogen and oxygen atoms in total. The van der Waals surface area contributed by atoms with E-state index in [0.717, 1.165) is 23.6 Å². The van der Waals surface area contributed by atoms with Crippen LogP contribution in [0.15, 0.2) is 29.8 Å². The number of benzene rings is 1. The Labute approximate surface area is 104 Å². The van der Waals surface area contributed by atoms with Crippen LogP contribution < -0.4 is 10.5 Å². The Morgan fingerprint density at radius 1 is 1.47 bits per heavy atom. The van der Waals surface area contributed by atoms with Gasteiger partial charge in [-0.05, 0) is 36.1 Å². The van der Waals surface area contributed by atoms with Gasteiger partial charge in [-0.2, -0.15) is 0 Å². The number of thiazole rings is 1. The normalized spacial score (nSPS) is 18.1. The van der Waals surface area contributed by atoms with E-state index in [9.17, 15) is 0 Å². The van der Waals surface area contributed by atoms with E-state index in [1.165, 1.54) is 11.1 Å². The van der Waals surface area contributed by atoms with Crippen molar-refractivity contribution in [3.05, 3.63) is 45.9 Å². The standard InChI is InChI=1S/C13H14N2OS/c14-12-4-1-9-7-10(2-3-11(9)12)16-8-13-15-5-6-17-13/h2-3,5-7,12H,1,4,8,14H2/t12-/m1/s1. The maximum atomic E-state index is 6.00. The summed E-state index contributed by atoms with van der Waals surface area (Å²) in [4.78, 5) is 4.19. The zero-order valence-corrected chi connectivity index (χ0v) is 10.2. The van der Waals surface area contributed by atoms with Crippen molar-refractivity contribution in [2.24, 2.45) is 5.73 Å². The van der Waals surface area contributed by atoms with Gasteiger partial charge in [0.2, 0.25) is 0 Å². The van der Waals surface area contributed by atoms with Gasteiger partial charge in [-0.25, -0.2) is 4.98 Å². The molecule has 1 aliphatic rings. The fourth-order valence-corrected chi connectivity index (χ4v) is 2.71. The lowest BCUT2D eigenvalue weighted by Crippen LogP contribution is -2.05. The first-order chi connectivity index (χ1) is 8.33.